The van der Waals surface area contributed by atoms with Crippen molar-refractivity contribution < 1.29 is 4.52 Å². The zero-order valence-electron chi connectivity index (χ0n) is 16.3. The van der Waals surface area contributed by atoms with E-state index in [1.54, 1.807) is 0 Å². The summed E-state index contributed by atoms with van der Waals surface area (Å²) in [4.78, 5) is 4.64. The van der Waals surface area contributed by atoms with Crippen LogP contribution >= 0.6 is 0 Å². The van der Waals surface area contributed by atoms with E-state index in [-0.39, 0.29) is 6.04 Å². The third-order valence-electron chi connectivity index (χ3n) is 5.58. The summed E-state index contributed by atoms with van der Waals surface area (Å²) in [5.41, 5.74) is 2.28. The van der Waals surface area contributed by atoms with Crippen LogP contribution in [0.25, 0.3) is 22.3 Å². The van der Waals surface area contributed by atoms with E-state index in [1.807, 2.05) is 0 Å². The zero-order valence-corrected chi connectivity index (χ0v) is 16.3. The lowest BCUT2D eigenvalue weighted by molar-refractivity contribution is 0.345. The van der Waals surface area contributed by atoms with Gasteiger partial charge in [0.15, 0.2) is 0 Å². The minimum atomic E-state index is 0.214. The summed E-state index contributed by atoms with van der Waals surface area (Å²) in [6, 6.07) is 8.86. The van der Waals surface area contributed by atoms with Gasteiger partial charge in [-0.2, -0.15) is 4.98 Å². The van der Waals surface area contributed by atoms with Gasteiger partial charge >= 0.3 is 0 Å². The molecule has 1 aliphatic heterocycles. The van der Waals surface area contributed by atoms with Crippen molar-refractivity contribution in [1.82, 2.24) is 20.0 Å². The number of fused-ring (bicyclic) bond motifs is 1. The van der Waals surface area contributed by atoms with Gasteiger partial charge in [0.05, 0.1) is 6.04 Å². The average molecular weight is 367 g/mol. The third-order valence-corrected chi connectivity index (χ3v) is 5.58. The number of aryl methyl sites for hydroxylation is 1. The molecule has 3 aromatic rings. The molecule has 0 amide bonds. The van der Waals surface area contributed by atoms with Crippen molar-refractivity contribution in [3.63, 3.8) is 0 Å². The van der Waals surface area contributed by atoms with Gasteiger partial charge in [-0.15, -0.1) is 0 Å². The number of aromatic nitrogens is 3. The van der Waals surface area contributed by atoms with E-state index in [4.69, 9.17) is 4.52 Å². The van der Waals surface area contributed by atoms with E-state index in [0.29, 0.717) is 11.7 Å². The summed E-state index contributed by atoms with van der Waals surface area (Å²) in [5, 5.41) is 8.90. The van der Waals surface area contributed by atoms with Crippen LogP contribution in [0.5, 0.6) is 0 Å². The molecule has 1 aromatic carbocycles. The zero-order chi connectivity index (χ0) is 18.5. The number of hydrogen-bond acceptors (Lipinski definition) is 4. The second-order valence-electron chi connectivity index (χ2n) is 7.66. The van der Waals surface area contributed by atoms with Crippen molar-refractivity contribution in [3.05, 3.63) is 36.4 Å². The molecule has 2 aromatic heterocycles. The lowest BCUT2D eigenvalue weighted by Crippen LogP contribution is -2.12. The fourth-order valence-corrected chi connectivity index (χ4v) is 3.97. The number of nitrogens with zero attached hydrogens (tertiary/aromatic N) is 3. The highest BCUT2D eigenvalue weighted by atomic mass is 16.5. The van der Waals surface area contributed by atoms with Gasteiger partial charge in [0.2, 0.25) is 11.7 Å². The Balaban J connectivity index is 1.45. The lowest BCUT2D eigenvalue weighted by Gasteiger charge is -2.06. The van der Waals surface area contributed by atoms with Crippen molar-refractivity contribution in [2.45, 2.75) is 70.9 Å². The van der Waals surface area contributed by atoms with E-state index in [9.17, 15) is 0 Å². The first-order chi connectivity index (χ1) is 13.3. The van der Waals surface area contributed by atoms with E-state index in [2.05, 4.69) is 57.4 Å². The number of unbranched alkanes of at least 4 members (excludes halogenated alkanes) is 5. The lowest BCUT2D eigenvalue weighted by atomic mass is 10.1. The monoisotopic (exact) mass is 366 g/mol. The normalized spacial score (nSPS) is 17.1. The molecule has 144 valence electrons. The first-order valence-electron chi connectivity index (χ1n) is 10.5. The molecule has 0 spiro atoms. The Morgan fingerprint density at radius 1 is 1.15 bits per heavy atom. The average Bonchev–Trinajstić information content (AvgIpc) is 3.44. The minimum Gasteiger partial charge on any atom is -0.347 e. The quantitative estimate of drug-likeness (QED) is 0.510. The van der Waals surface area contributed by atoms with Crippen molar-refractivity contribution >= 4 is 10.9 Å². The van der Waals surface area contributed by atoms with Gasteiger partial charge < -0.3 is 14.4 Å². The van der Waals surface area contributed by atoms with Crippen molar-refractivity contribution in [3.8, 4) is 11.4 Å². The molecule has 0 saturated carbocycles. The van der Waals surface area contributed by atoms with E-state index in [1.165, 1.54) is 55.8 Å². The van der Waals surface area contributed by atoms with Crippen LogP contribution in [0.2, 0.25) is 0 Å². The molecule has 0 unspecified atom stereocenters. The van der Waals surface area contributed by atoms with Gasteiger partial charge in [-0.25, -0.2) is 0 Å². The molecule has 3 heterocycles. The Morgan fingerprint density at radius 2 is 2.04 bits per heavy atom. The van der Waals surface area contributed by atoms with Crippen LogP contribution in [-0.2, 0) is 6.54 Å². The first-order valence-corrected chi connectivity index (χ1v) is 10.5. The van der Waals surface area contributed by atoms with Crippen LogP contribution in [0.15, 0.2) is 35.0 Å². The van der Waals surface area contributed by atoms with Crippen molar-refractivity contribution in [2.75, 3.05) is 6.54 Å². The molecule has 1 atom stereocenters. The summed E-state index contributed by atoms with van der Waals surface area (Å²) >= 11 is 0. The van der Waals surface area contributed by atoms with Crippen molar-refractivity contribution in [2.24, 2.45) is 0 Å². The van der Waals surface area contributed by atoms with E-state index < -0.39 is 0 Å². The molecule has 0 aliphatic carbocycles. The molecule has 4 rings (SSSR count). The highest BCUT2D eigenvalue weighted by Crippen LogP contribution is 2.27. The van der Waals surface area contributed by atoms with Gasteiger partial charge in [0, 0.05) is 23.8 Å². The Kier molecular flexibility index (Phi) is 5.87. The van der Waals surface area contributed by atoms with E-state index >= 15 is 0 Å². The van der Waals surface area contributed by atoms with Crippen molar-refractivity contribution in [1.29, 1.82) is 0 Å². The maximum absolute atomic E-state index is 5.51. The fourth-order valence-electron chi connectivity index (χ4n) is 3.97. The third kappa shape index (κ3) is 4.24. The van der Waals surface area contributed by atoms with Crippen LogP contribution in [0, 0.1) is 0 Å². The van der Waals surface area contributed by atoms with Crippen LogP contribution in [0.4, 0.5) is 0 Å². The predicted octanol–water partition coefficient (Wildman–Crippen LogP) is 5.48. The Morgan fingerprint density at radius 3 is 2.89 bits per heavy atom. The molecule has 1 aliphatic rings. The molecule has 5 heteroatoms. The van der Waals surface area contributed by atoms with Gasteiger partial charge in [0.1, 0.15) is 0 Å². The Bertz CT molecular complexity index is 860. The standard InChI is InChI=1S/C22H30N4O/c1-2-3-4-5-6-7-14-26-15-12-17-10-11-18(16-20(17)26)21-24-22(27-25-21)19-9-8-13-23-19/h10-12,15-16,19,23H,2-9,13-14H2,1H3/t19-/m0/s1. The van der Waals surface area contributed by atoms with Gasteiger partial charge in [-0.05, 0) is 43.3 Å². The smallest absolute Gasteiger partial charge is 0.244 e. The molecule has 1 saturated heterocycles. The molecule has 0 radical (unpaired) electrons. The SMILES string of the molecule is CCCCCCCCn1ccc2ccc(-c3noc([C@@H]4CCCN4)n3)cc21. The number of nitrogens with one attached hydrogen (secondary N) is 1. The maximum Gasteiger partial charge on any atom is 0.244 e. The minimum absolute atomic E-state index is 0.214. The summed E-state index contributed by atoms with van der Waals surface area (Å²) in [6.07, 6.45) is 12.4. The molecule has 0 bridgehead atoms. The molecule has 1 N–H and O–H groups in total. The second-order valence-corrected chi connectivity index (χ2v) is 7.66. The molecular formula is C22H30N4O. The molecule has 1 fully saturated rings. The summed E-state index contributed by atoms with van der Waals surface area (Å²) < 4.78 is 7.87. The summed E-state index contributed by atoms with van der Waals surface area (Å²) in [5.74, 6) is 1.40. The van der Waals surface area contributed by atoms with E-state index in [0.717, 1.165) is 25.1 Å². The topological polar surface area (TPSA) is 55.9 Å². The molecule has 5 nitrogen and oxygen atoms in total. The molecular weight excluding hydrogens is 336 g/mol. The van der Waals surface area contributed by atoms with Crippen LogP contribution in [-0.4, -0.2) is 21.3 Å². The predicted molar refractivity (Wildman–Crippen MR) is 109 cm³/mol. The largest absolute Gasteiger partial charge is 0.347 e. The highest BCUT2D eigenvalue weighted by molar-refractivity contribution is 5.84. The fraction of sp³-hybridized carbons (Fsp3) is 0.545. The number of rotatable bonds is 9. The number of benzene rings is 1. The Labute approximate surface area is 161 Å². The first kappa shape index (κ1) is 18.2. The van der Waals surface area contributed by atoms with Gasteiger partial charge in [0.25, 0.3) is 0 Å². The van der Waals surface area contributed by atoms with Crippen LogP contribution in [0.1, 0.15) is 70.2 Å². The second kappa shape index (κ2) is 8.70. The number of hydrogen-bond donors (Lipinski definition) is 1. The highest BCUT2D eigenvalue weighted by Gasteiger charge is 2.22. The van der Waals surface area contributed by atoms with Crippen LogP contribution in [0.3, 0.4) is 0 Å². The summed E-state index contributed by atoms with van der Waals surface area (Å²) in [7, 11) is 0. The van der Waals surface area contributed by atoms with Crippen LogP contribution < -0.4 is 5.32 Å². The summed E-state index contributed by atoms with van der Waals surface area (Å²) in [6.45, 7) is 4.36. The maximum atomic E-state index is 5.51. The van der Waals surface area contributed by atoms with Gasteiger partial charge in [-0.1, -0.05) is 56.3 Å². The van der Waals surface area contributed by atoms with Gasteiger partial charge in [-0.3, -0.25) is 0 Å². The molecule has 27 heavy (non-hydrogen) atoms. The Hall–Kier alpha value is -2.14.